The van der Waals surface area contributed by atoms with E-state index in [1.54, 1.807) is 7.11 Å². The van der Waals surface area contributed by atoms with Crippen LogP contribution in [0.3, 0.4) is 0 Å². The third-order valence-electron chi connectivity index (χ3n) is 5.77. The van der Waals surface area contributed by atoms with Crippen molar-refractivity contribution >= 4 is 22.8 Å². The van der Waals surface area contributed by atoms with Gasteiger partial charge in [-0.3, -0.25) is 0 Å². The molecule has 0 atom stereocenters. The molecule has 0 aliphatic carbocycles. The maximum Gasteiger partial charge on any atom is 0.233 e. The summed E-state index contributed by atoms with van der Waals surface area (Å²) in [7, 11) is 1.60. The molecule has 9 heteroatoms. The average molecular weight is 454 g/mol. The molecule has 0 spiro atoms. The Labute approximate surface area is 194 Å². The van der Waals surface area contributed by atoms with E-state index in [0.717, 1.165) is 41.3 Å². The summed E-state index contributed by atoms with van der Waals surface area (Å²) in [5, 5.41) is 10.6. The van der Waals surface area contributed by atoms with Crippen LogP contribution < -0.4 is 9.80 Å². The Hall–Kier alpha value is -3.01. The quantitative estimate of drug-likeness (QED) is 0.500. The zero-order valence-electron chi connectivity index (χ0n) is 19.3. The highest BCUT2D eigenvalue weighted by molar-refractivity contribution is 5.88. The van der Waals surface area contributed by atoms with Crippen LogP contribution in [-0.2, 0) is 20.6 Å². The lowest BCUT2D eigenvalue weighted by atomic mass is 10.1. The summed E-state index contributed by atoms with van der Waals surface area (Å²) in [6, 6.07) is 4.01. The number of pyridine rings is 1. The van der Waals surface area contributed by atoms with Gasteiger partial charge in [0.15, 0.2) is 5.65 Å². The molecule has 2 aliphatic heterocycles. The molecule has 4 heterocycles. The van der Waals surface area contributed by atoms with Crippen LogP contribution in [-0.4, -0.2) is 79.8 Å². The SMILES string of the molecule is C=C1COCCN1c1nc(N2CCOCC2)c2ccc(C/C=C(CO)\C(=C/C)OC)nc2n1. The molecule has 2 aliphatic rings. The second-order valence-corrected chi connectivity index (χ2v) is 7.84. The van der Waals surface area contributed by atoms with Gasteiger partial charge in [0.1, 0.15) is 11.6 Å². The van der Waals surface area contributed by atoms with Crippen molar-refractivity contribution in [3.63, 3.8) is 0 Å². The Morgan fingerprint density at radius 1 is 1.15 bits per heavy atom. The highest BCUT2D eigenvalue weighted by atomic mass is 16.5. The number of hydrogen-bond donors (Lipinski definition) is 1. The fourth-order valence-corrected chi connectivity index (χ4v) is 4.00. The standard InChI is InChI=1S/C24H31N5O4/c1-4-21(31-3)18(15-30)5-6-19-7-8-20-22(25-19)26-24(29-11-14-33-16-17(29)2)27-23(20)28-9-12-32-13-10-28/h4-5,7-8,30H,2,6,9-16H2,1,3H3/b18-5-,21-4+. The van der Waals surface area contributed by atoms with Gasteiger partial charge in [-0.05, 0) is 25.1 Å². The third kappa shape index (κ3) is 5.16. The number of anilines is 2. The van der Waals surface area contributed by atoms with E-state index in [1.807, 2.05) is 36.1 Å². The molecule has 0 radical (unpaired) electrons. The first-order chi connectivity index (χ1) is 16.1. The van der Waals surface area contributed by atoms with Crippen LogP contribution in [0.1, 0.15) is 12.6 Å². The summed E-state index contributed by atoms with van der Waals surface area (Å²) >= 11 is 0. The number of rotatable bonds is 7. The Morgan fingerprint density at radius 3 is 2.64 bits per heavy atom. The first-order valence-electron chi connectivity index (χ1n) is 11.2. The Balaban J connectivity index is 1.73. The smallest absolute Gasteiger partial charge is 0.233 e. The lowest BCUT2D eigenvalue weighted by Crippen LogP contribution is -2.38. The van der Waals surface area contributed by atoms with Gasteiger partial charge in [-0.25, -0.2) is 4.98 Å². The van der Waals surface area contributed by atoms with Crippen LogP contribution >= 0.6 is 0 Å². The van der Waals surface area contributed by atoms with E-state index in [4.69, 9.17) is 29.2 Å². The zero-order chi connectivity index (χ0) is 23.2. The summed E-state index contributed by atoms with van der Waals surface area (Å²) in [6.45, 7) is 10.5. The predicted molar refractivity (Wildman–Crippen MR) is 127 cm³/mol. The van der Waals surface area contributed by atoms with Crippen molar-refractivity contribution in [2.24, 2.45) is 0 Å². The van der Waals surface area contributed by atoms with E-state index < -0.39 is 0 Å². The largest absolute Gasteiger partial charge is 0.497 e. The molecule has 2 aromatic heterocycles. The number of ether oxygens (including phenoxy) is 3. The number of hydrogen-bond acceptors (Lipinski definition) is 9. The van der Waals surface area contributed by atoms with Crippen LogP contribution in [0, 0.1) is 0 Å². The van der Waals surface area contributed by atoms with E-state index in [-0.39, 0.29) is 6.61 Å². The average Bonchev–Trinajstić information content (AvgIpc) is 2.86. The zero-order valence-corrected chi connectivity index (χ0v) is 19.3. The first kappa shape index (κ1) is 23.2. The van der Waals surface area contributed by atoms with Crippen LogP contribution in [0.2, 0.25) is 0 Å². The van der Waals surface area contributed by atoms with Gasteiger partial charge in [-0.2, -0.15) is 9.97 Å². The Bertz CT molecular complexity index is 1060. The number of aliphatic hydroxyl groups excluding tert-OH is 1. The van der Waals surface area contributed by atoms with Crippen molar-refractivity contribution in [1.82, 2.24) is 15.0 Å². The maximum atomic E-state index is 9.72. The molecule has 4 rings (SSSR count). The summed E-state index contributed by atoms with van der Waals surface area (Å²) in [5.41, 5.74) is 3.04. The molecular weight excluding hydrogens is 422 g/mol. The molecule has 0 aromatic carbocycles. The fraction of sp³-hybridized carbons (Fsp3) is 0.458. The Kier molecular flexibility index (Phi) is 7.54. The molecule has 33 heavy (non-hydrogen) atoms. The lowest BCUT2D eigenvalue weighted by molar-refractivity contribution is 0.122. The van der Waals surface area contributed by atoms with Crippen molar-refractivity contribution in [2.75, 3.05) is 69.6 Å². The van der Waals surface area contributed by atoms with E-state index >= 15 is 0 Å². The molecule has 0 saturated carbocycles. The Morgan fingerprint density at radius 2 is 1.94 bits per heavy atom. The van der Waals surface area contributed by atoms with E-state index in [2.05, 4.69) is 11.5 Å². The summed E-state index contributed by atoms with van der Waals surface area (Å²) in [6.07, 6.45) is 4.31. The van der Waals surface area contributed by atoms with Crippen LogP contribution in [0.5, 0.6) is 0 Å². The molecule has 0 unspecified atom stereocenters. The number of allylic oxidation sites excluding steroid dienone is 2. The van der Waals surface area contributed by atoms with Gasteiger partial charge in [0.25, 0.3) is 0 Å². The van der Waals surface area contributed by atoms with Gasteiger partial charge >= 0.3 is 0 Å². The molecule has 9 nitrogen and oxygen atoms in total. The van der Waals surface area contributed by atoms with Crippen LogP contribution in [0.25, 0.3) is 11.0 Å². The van der Waals surface area contributed by atoms with Gasteiger partial charge in [-0.1, -0.05) is 12.7 Å². The predicted octanol–water partition coefficient (Wildman–Crippen LogP) is 2.22. The first-order valence-corrected chi connectivity index (χ1v) is 11.2. The number of fused-ring (bicyclic) bond motifs is 1. The van der Waals surface area contributed by atoms with Crippen LogP contribution in [0.15, 0.2) is 47.9 Å². The normalized spacial score (nSPS) is 18.2. The number of nitrogens with zero attached hydrogens (tertiary/aromatic N) is 5. The molecule has 0 amide bonds. The second-order valence-electron chi connectivity index (χ2n) is 7.84. The lowest BCUT2D eigenvalue weighted by Gasteiger charge is -2.32. The highest BCUT2D eigenvalue weighted by Crippen LogP contribution is 2.28. The van der Waals surface area contributed by atoms with Crippen molar-refractivity contribution in [1.29, 1.82) is 0 Å². The monoisotopic (exact) mass is 453 g/mol. The summed E-state index contributed by atoms with van der Waals surface area (Å²) < 4.78 is 16.4. The molecule has 2 saturated heterocycles. The second kappa shape index (κ2) is 10.7. The molecule has 2 aromatic rings. The number of aliphatic hydroxyl groups is 1. The molecular formula is C24H31N5O4. The maximum absolute atomic E-state index is 9.72. The van der Waals surface area contributed by atoms with Crippen molar-refractivity contribution in [3.05, 3.63) is 53.6 Å². The van der Waals surface area contributed by atoms with Crippen LogP contribution in [0.4, 0.5) is 11.8 Å². The molecule has 2 fully saturated rings. The number of methoxy groups -OCH3 is 1. The van der Waals surface area contributed by atoms with Gasteiger partial charge in [0.05, 0.1) is 45.5 Å². The molecule has 176 valence electrons. The van der Waals surface area contributed by atoms with Crippen molar-refractivity contribution in [2.45, 2.75) is 13.3 Å². The molecule has 1 N–H and O–H groups in total. The van der Waals surface area contributed by atoms with E-state index in [1.165, 1.54) is 0 Å². The minimum Gasteiger partial charge on any atom is -0.497 e. The fourth-order valence-electron chi connectivity index (χ4n) is 4.00. The minimum absolute atomic E-state index is 0.103. The van der Waals surface area contributed by atoms with Gasteiger partial charge in [-0.15, -0.1) is 0 Å². The van der Waals surface area contributed by atoms with Gasteiger partial charge in [0, 0.05) is 43.0 Å². The third-order valence-corrected chi connectivity index (χ3v) is 5.77. The van der Waals surface area contributed by atoms with Gasteiger partial charge in [0.2, 0.25) is 5.95 Å². The van der Waals surface area contributed by atoms with Crippen molar-refractivity contribution < 1.29 is 19.3 Å². The summed E-state index contributed by atoms with van der Waals surface area (Å²) in [4.78, 5) is 18.8. The van der Waals surface area contributed by atoms with Crippen molar-refractivity contribution in [3.8, 4) is 0 Å². The minimum atomic E-state index is -0.103. The molecule has 0 bridgehead atoms. The van der Waals surface area contributed by atoms with E-state index in [0.29, 0.717) is 56.7 Å². The topological polar surface area (TPSA) is 93.1 Å². The van der Waals surface area contributed by atoms with E-state index in [9.17, 15) is 5.11 Å². The summed E-state index contributed by atoms with van der Waals surface area (Å²) in [5.74, 6) is 2.10. The highest BCUT2D eigenvalue weighted by Gasteiger charge is 2.23. The van der Waals surface area contributed by atoms with Gasteiger partial charge < -0.3 is 29.1 Å². The number of morpholine rings is 2. The number of aromatic nitrogens is 3.